The van der Waals surface area contributed by atoms with E-state index in [1.54, 1.807) is 12.1 Å². The van der Waals surface area contributed by atoms with Crippen LogP contribution in [0.4, 0.5) is 0 Å². The third-order valence-electron chi connectivity index (χ3n) is 4.31. The number of hydrogen-bond acceptors (Lipinski definition) is 6. The highest BCUT2D eigenvalue weighted by molar-refractivity contribution is 5.98. The van der Waals surface area contributed by atoms with Crippen molar-refractivity contribution < 1.29 is 23.8 Å². The van der Waals surface area contributed by atoms with E-state index in [0.717, 1.165) is 0 Å². The molecule has 1 aromatic heterocycles. The Morgan fingerprint density at radius 3 is 2.88 bits per heavy atom. The first-order valence-corrected chi connectivity index (χ1v) is 8.18. The first-order valence-electron chi connectivity index (χ1n) is 8.18. The smallest absolute Gasteiger partial charge is 0.274 e. The zero-order valence-electron chi connectivity index (χ0n) is 13.5. The molecule has 2 N–H and O–H groups in total. The van der Waals surface area contributed by atoms with Gasteiger partial charge in [0.05, 0.1) is 0 Å². The van der Waals surface area contributed by atoms with Gasteiger partial charge in [0.2, 0.25) is 0 Å². The van der Waals surface area contributed by atoms with Crippen molar-refractivity contribution in [2.45, 2.75) is 12.5 Å². The molecule has 0 bridgehead atoms. The van der Waals surface area contributed by atoms with Crippen LogP contribution in [0.2, 0.25) is 0 Å². The number of aliphatic hydroxyl groups excluding tert-OH is 1. The summed E-state index contributed by atoms with van der Waals surface area (Å²) in [5.74, 6) is 1.45. The van der Waals surface area contributed by atoms with Gasteiger partial charge in [0.25, 0.3) is 5.91 Å². The number of oxazole rings is 1. The van der Waals surface area contributed by atoms with Crippen LogP contribution in [-0.4, -0.2) is 41.9 Å². The van der Waals surface area contributed by atoms with Crippen LogP contribution in [0.15, 0.2) is 41.2 Å². The molecule has 4 rings (SSSR count). The van der Waals surface area contributed by atoms with Gasteiger partial charge in [-0.15, -0.1) is 0 Å². The number of benzene rings is 1. The summed E-state index contributed by atoms with van der Waals surface area (Å²) >= 11 is 0. The minimum atomic E-state index is -0.313. The molecule has 1 aliphatic carbocycles. The minimum Gasteiger partial charge on any atom is -0.486 e. The number of rotatable bonds is 4. The number of aromatic nitrogens is 1. The second kappa shape index (κ2) is 6.60. The van der Waals surface area contributed by atoms with Gasteiger partial charge in [0.1, 0.15) is 13.2 Å². The molecular weight excluding hydrogens is 324 g/mol. The zero-order chi connectivity index (χ0) is 17.2. The second-order valence-electron chi connectivity index (χ2n) is 6.03. The van der Waals surface area contributed by atoms with E-state index < -0.39 is 0 Å². The maximum Gasteiger partial charge on any atom is 0.274 e. The van der Waals surface area contributed by atoms with Crippen LogP contribution in [0.3, 0.4) is 0 Å². The fourth-order valence-corrected chi connectivity index (χ4v) is 3.05. The average molecular weight is 342 g/mol. The van der Waals surface area contributed by atoms with E-state index in [1.165, 1.54) is 6.39 Å². The van der Waals surface area contributed by atoms with Crippen LogP contribution >= 0.6 is 0 Å². The third kappa shape index (κ3) is 3.10. The molecule has 0 fully saturated rings. The topological polar surface area (TPSA) is 93.8 Å². The predicted octanol–water partition coefficient (Wildman–Crippen LogP) is 1.78. The Bertz CT molecular complexity index is 814. The number of carbonyl (C=O) groups is 1. The maximum absolute atomic E-state index is 12.6. The first-order chi connectivity index (χ1) is 12.2. The lowest BCUT2D eigenvalue weighted by atomic mass is 10.1. The number of hydrogen-bond donors (Lipinski definition) is 2. The number of carbonyl (C=O) groups excluding carboxylic acids is 1. The lowest BCUT2D eigenvalue weighted by molar-refractivity contribution is 0.0937. The Hall–Kier alpha value is -2.80. The Labute approximate surface area is 144 Å². The van der Waals surface area contributed by atoms with E-state index in [4.69, 9.17) is 13.9 Å². The van der Waals surface area contributed by atoms with Crippen LogP contribution in [0, 0.1) is 5.92 Å². The minimum absolute atomic E-state index is 0.0786. The van der Waals surface area contributed by atoms with E-state index in [-0.39, 0.29) is 30.2 Å². The molecule has 0 unspecified atom stereocenters. The third-order valence-corrected chi connectivity index (χ3v) is 4.31. The number of fused-ring (bicyclic) bond motifs is 1. The van der Waals surface area contributed by atoms with Crippen molar-refractivity contribution in [3.63, 3.8) is 0 Å². The highest BCUT2D eigenvalue weighted by Gasteiger charge is 2.25. The van der Waals surface area contributed by atoms with E-state index in [1.807, 2.05) is 18.2 Å². The molecule has 2 heterocycles. The van der Waals surface area contributed by atoms with Crippen molar-refractivity contribution in [3.8, 4) is 22.8 Å². The maximum atomic E-state index is 12.6. The van der Waals surface area contributed by atoms with Gasteiger partial charge >= 0.3 is 0 Å². The lowest BCUT2D eigenvalue weighted by Gasteiger charge is -2.18. The molecule has 7 nitrogen and oxygen atoms in total. The van der Waals surface area contributed by atoms with Crippen LogP contribution in [0.1, 0.15) is 16.9 Å². The van der Waals surface area contributed by atoms with E-state index in [0.29, 0.717) is 42.5 Å². The molecule has 0 spiro atoms. The SMILES string of the molecule is O=C(N[C@@H]1C=C[C@H](CO)C1)c1ncoc1-c1ccc2c(c1)OCCO2. The summed E-state index contributed by atoms with van der Waals surface area (Å²) in [6.45, 7) is 1.08. The highest BCUT2D eigenvalue weighted by atomic mass is 16.6. The van der Waals surface area contributed by atoms with Crippen LogP contribution in [0.25, 0.3) is 11.3 Å². The van der Waals surface area contributed by atoms with E-state index >= 15 is 0 Å². The largest absolute Gasteiger partial charge is 0.486 e. The quantitative estimate of drug-likeness (QED) is 0.823. The van der Waals surface area contributed by atoms with Gasteiger partial charge in [-0.25, -0.2) is 4.98 Å². The number of nitrogens with zero attached hydrogens (tertiary/aromatic N) is 1. The predicted molar refractivity (Wildman–Crippen MR) is 88.5 cm³/mol. The fourth-order valence-electron chi connectivity index (χ4n) is 3.05. The molecule has 25 heavy (non-hydrogen) atoms. The summed E-state index contributed by atoms with van der Waals surface area (Å²) in [6.07, 6.45) is 5.74. The van der Waals surface area contributed by atoms with Gasteiger partial charge in [-0.1, -0.05) is 12.2 Å². The molecule has 2 aromatic rings. The number of ether oxygens (including phenoxy) is 2. The summed E-state index contributed by atoms with van der Waals surface area (Å²) in [4.78, 5) is 16.6. The molecule has 1 aliphatic heterocycles. The summed E-state index contributed by atoms with van der Waals surface area (Å²) in [5, 5.41) is 12.1. The molecule has 1 aromatic carbocycles. The molecule has 0 radical (unpaired) electrons. The van der Waals surface area contributed by atoms with Crippen molar-refractivity contribution >= 4 is 5.91 Å². The van der Waals surface area contributed by atoms with Crippen LogP contribution in [0.5, 0.6) is 11.5 Å². The van der Waals surface area contributed by atoms with E-state index in [2.05, 4.69) is 10.3 Å². The van der Waals surface area contributed by atoms with Gasteiger partial charge in [-0.2, -0.15) is 0 Å². The first kappa shape index (κ1) is 15.7. The summed E-state index contributed by atoms with van der Waals surface area (Å²) < 4.78 is 16.5. The molecule has 7 heteroatoms. The standard InChI is InChI=1S/C18H18N2O5/c21-9-11-1-3-13(7-11)20-18(22)16-17(25-10-19-16)12-2-4-14-15(8-12)24-6-5-23-14/h1-4,8,10-11,13,21H,5-7,9H2,(H,20,22)/t11-,13+/m0/s1. The fraction of sp³-hybridized carbons (Fsp3) is 0.333. The summed E-state index contributed by atoms with van der Waals surface area (Å²) in [7, 11) is 0. The molecular formula is C18H18N2O5. The van der Waals surface area contributed by atoms with Crippen molar-refractivity contribution in [1.29, 1.82) is 0 Å². The highest BCUT2D eigenvalue weighted by Crippen LogP contribution is 2.35. The van der Waals surface area contributed by atoms with Gasteiger partial charge in [-0.3, -0.25) is 4.79 Å². The Morgan fingerprint density at radius 1 is 1.24 bits per heavy atom. The number of aliphatic hydroxyl groups is 1. The van der Waals surface area contributed by atoms with Crippen molar-refractivity contribution in [2.75, 3.05) is 19.8 Å². The second-order valence-corrected chi connectivity index (χ2v) is 6.03. The van der Waals surface area contributed by atoms with Gasteiger partial charge in [0, 0.05) is 24.1 Å². The molecule has 0 saturated carbocycles. The number of amides is 1. The van der Waals surface area contributed by atoms with Crippen LogP contribution in [-0.2, 0) is 0 Å². The van der Waals surface area contributed by atoms with Crippen molar-refractivity contribution in [2.24, 2.45) is 5.92 Å². The van der Waals surface area contributed by atoms with Gasteiger partial charge < -0.3 is 24.3 Å². The Kier molecular flexibility index (Phi) is 4.15. The number of nitrogens with one attached hydrogen (secondary N) is 1. The Morgan fingerprint density at radius 2 is 2.08 bits per heavy atom. The van der Waals surface area contributed by atoms with Crippen LogP contribution < -0.4 is 14.8 Å². The zero-order valence-corrected chi connectivity index (χ0v) is 13.5. The van der Waals surface area contributed by atoms with Crippen molar-refractivity contribution in [3.05, 3.63) is 42.4 Å². The van der Waals surface area contributed by atoms with Gasteiger partial charge in [-0.05, 0) is 24.6 Å². The normalized spacial score (nSPS) is 21.3. The summed E-state index contributed by atoms with van der Waals surface area (Å²) in [5.41, 5.74) is 0.916. The monoisotopic (exact) mass is 342 g/mol. The van der Waals surface area contributed by atoms with Gasteiger partial charge in [0.15, 0.2) is 29.3 Å². The molecule has 130 valence electrons. The van der Waals surface area contributed by atoms with Crippen molar-refractivity contribution in [1.82, 2.24) is 10.3 Å². The van der Waals surface area contributed by atoms with E-state index in [9.17, 15) is 9.90 Å². The average Bonchev–Trinajstić information content (AvgIpc) is 3.30. The Balaban J connectivity index is 1.54. The molecule has 2 aliphatic rings. The summed E-state index contributed by atoms with van der Waals surface area (Å²) in [6, 6.07) is 5.26. The molecule has 2 atom stereocenters. The lowest BCUT2D eigenvalue weighted by Crippen LogP contribution is -2.33. The molecule has 1 amide bonds. The molecule has 0 saturated heterocycles.